The standard InChI is InChI=1S/C21H38N6S.HI/c1-4-25-11-13-26(14-12-25)17-18(2)16-23-21(22-3)24-19-7-9-27(10-8-19)20-6-5-15-28-20;/h5-6,15,18-19H,4,7-14,16-17H2,1-3H3,(H2,22,23,24);1H. The third-order valence-corrected chi connectivity index (χ3v) is 6.91. The number of rotatable bonds is 7. The molecule has 6 nitrogen and oxygen atoms in total. The Hall–Kier alpha value is -0.580. The molecule has 1 aromatic rings. The summed E-state index contributed by atoms with van der Waals surface area (Å²) in [5.74, 6) is 1.57. The Balaban J connectivity index is 0.00000300. The zero-order valence-electron chi connectivity index (χ0n) is 18.3. The molecule has 2 N–H and O–H groups in total. The molecular weight excluding hydrogens is 495 g/mol. The summed E-state index contributed by atoms with van der Waals surface area (Å²) in [7, 11) is 1.88. The monoisotopic (exact) mass is 534 g/mol. The van der Waals surface area contributed by atoms with Gasteiger partial charge >= 0.3 is 0 Å². The number of hydrogen-bond acceptors (Lipinski definition) is 5. The number of hydrogen-bond donors (Lipinski definition) is 2. The third kappa shape index (κ3) is 7.88. The fourth-order valence-corrected chi connectivity index (χ4v) is 4.93. The third-order valence-electron chi connectivity index (χ3n) is 5.98. The van der Waals surface area contributed by atoms with Crippen LogP contribution in [0, 0.1) is 5.92 Å². The molecule has 3 rings (SSSR count). The molecule has 2 aliphatic rings. The molecule has 8 heteroatoms. The van der Waals surface area contributed by atoms with Crippen LogP contribution < -0.4 is 15.5 Å². The van der Waals surface area contributed by atoms with E-state index in [4.69, 9.17) is 0 Å². The maximum absolute atomic E-state index is 4.45. The summed E-state index contributed by atoms with van der Waals surface area (Å²) in [6, 6.07) is 4.88. The van der Waals surface area contributed by atoms with Crippen LogP contribution in [0.15, 0.2) is 22.5 Å². The van der Waals surface area contributed by atoms with Crippen molar-refractivity contribution >= 4 is 46.3 Å². The molecule has 1 unspecified atom stereocenters. The summed E-state index contributed by atoms with van der Waals surface area (Å²) in [6.45, 7) is 15.0. The molecule has 0 spiro atoms. The highest BCUT2D eigenvalue weighted by molar-refractivity contribution is 14.0. The van der Waals surface area contributed by atoms with Gasteiger partial charge in [0.15, 0.2) is 5.96 Å². The Labute approximate surface area is 198 Å². The first-order valence-electron chi connectivity index (χ1n) is 10.9. The number of thiophene rings is 1. The number of anilines is 1. The summed E-state index contributed by atoms with van der Waals surface area (Å²) < 4.78 is 0. The van der Waals surface area contributed by atoms with Gasteiger partial charge in [-0.3, -0.25) is 4.99 Å². The van der Waals surface area contributed by atoms with Crippen LogP contribution in [0.5, 0.6) is 0 Å². The summed E-state index contributed by atoms with van der Waals surface area (Å²) in [5.41, 5.74) is 0. The van der Waals surface area contributed by atoms with Crippen molar-refractivity contribution in [2.24, 2.45) is 10.9 Å². The van der Waals surface area contributed by atoms with Gasteiger partial charge in [-0.05, 0) is 42.8 Å². The molecule has 2 fully saturated rings. The van der Waals surface area contributed by atoms with Gasteiger partial charge in [0, 0.05) is 65.4 Å². The van der Waals surface area contributed by atoms with E-state index < -0.39 is 0 Å². The van der Waals surface area contributed by atoms with Gasteiger partial charge in [0.2, 0.25) is 0 Å². The molecule has 0 aromatic carbocycles. The lowest BCUT2D eigenvalue weighted by Crippen LogP contribution is -2.50. The van der Waals surface area contributed by atoms with Crippen LogP contribution in [0.3, 0.4) is 0 Å². The van der Waals surface area contributed by atoms with E-state index in [2.05, 4.69) is 61.7 Å². The zero-order chi connectivity index (χ0) is 19.8. The van der Waals surface area contributed by atoms with Crippen molar-refractivity contribution in [1.82, 2.24) is 20.4 Å². The topological polar surface area (TPSA) is 46.1 Å². The number of nitrogens with one attached hydrogen (secondary N) is 2. The van der Waals surface area contributed by atoms with E-state index >= 15 is 0 Å². The second kappa shape index (κ2) is 13.0. The van der Waals surface area contributed by atoms with Crippen molar-refractivity contribution in [1.29, 1.82) is 0 Å². The molecule has 3 heterocycles. The highest BCUT2D eigenvalue weighted by Crippen LogP contribution is 2.24. The van der Waals surface area contributed by atoms with E-state index in [-0.39, 0.29) is 24.0 Å². The molecule has 0 saturated carbocycles. The fraction of sp³-hybridized carbons (Fsp3) is 0.762. The molecule has 0 amide bonds. The van der Waals surface area contributed by atoms with Crippen LogP contribution in [0.4, 0.5) is 5.00 Å². The second-order valence-electron chi connectivity index (χ2n) is 8.15. The van der Waals surface area contributed by atoms with Crippen molar-refractivity contribution in [3.8, 4) is 0 Å². The predicted octanol–water partition coefficient (Wildman–Crippen LogP) is 2.77. The van der Waals surface area contributed by atoms with Gasteiger partial charge < -0.3 is 25.3 Å². The average Bonchev–Trinajstić information content (AvgIpc) is 3.27. The molecule has 1 aromatic heterocycles. The van der Waals surface area contributed by atoms with Gasteiger partial charge in [0.25, 0.3) is 0 Å². The van der Waals surface area contributed by atoms with Gasteiger partial charge in [-0.15, -0.1) is 35.3 Å². The second-order valence-corrected chi connectivity index (χ2v) is 9.08. The SMILES string of the molecule is CCN1CCN(CC(C)CNC(=NC)NC2CCN(c3cccs3)CC2)CC1.I. The molecule has 29 heavy (non-hydrogen) atoms. The minimum absolute atomic E-state index is 0. The minimum atomic E-state index is 0. The van der Waals surface area contributed by atoms with Crippen LogP contribution in [-0.4, -0.2) is 87.8 Å². The Morgan fingerprint density at radius 2 is 1.86 bits per heavy atom. The molecular formula is C21H39IN6S. The zero-order valence-corrected chi connectivity index (χ0v) is 21.4. The molecule has 0 aliphatic carbocycles. The lowest BCUT2D eigenvalue weighted by atomic mass is 10.1. The number of nitrogens with zero attached hydrogens (tertiary/aromatic N) is 4. The van der Waals surface area contributed by atoms with Gasteiger partial charge in [-0.2, -0.15) is 0 Å². The number of likely N-dealkylation sites (N-methyl/N-ethyl adjacent to an activating group) is 1. The molecule has 166 valence electrons. The van der Waals surface area contributed by atoms with Crippen LogP contribution in [0.25, 0.3) is 0 Å². The molecule has 1 atom stereocenters. The van der Waals surface area contributed by atoms with Crippen molar-refractivity contribution in [2.75, 3.05) is 70.9 Å². The average molecular weight is 535 g/mol. The molecule has 0 radical (unpaired) electrons. The Bertz CT molecular complexity index is 580. The van der Waals surface area contributed by atoms with Crippen LogP contribution in [-0.2, 0) is 0 Å². The Morgan fingerprint density at radius 3 is 2.45 bits per heavy atom. The molecule has 2 saturated heterocycles. The van der Waals surface area contributed by atoms with E-state index in [9.17, 15) is 0 Å². The summed E-state index contributed by atoms with van der Waals surface area (Å²) in [4.78, 5) is 12.1. The lowest BCUT2D eigenvalue weighted by molar-refractivity contribution is 0.124. The maximum atomic E-state index is 4.45. The van der Waals surface area contributed by atoms with E-state index in [1.807, 2.05) is 18.4 Å². The minimum Gasteiger partial charge on any atom is -0.363 e. The van der Waals surface area contributed by atoms with Gasteiger partial charge in [-0.1, -0.05) is 13.8 Å². The maximum Gasteiger partial charge on any atom is 0.191 e. The quantitative estimate of drug-likeness (QED) is 0.320. The number of aliphatic imine (C=N–C) groups is 1. The fourth-order valence-electron chi connectivity index (χ4n) is 4.15. The first-order valence-corrected chi connectivity index (χ1v) is 11.8. The van der Waals surface area contributed by atoms with E-state index in [1.54, 1.807) is 0 Å². The van der Waals surface area contributed by atoms with Gasteiger partial charge in [0.1, 0.15) is 0 Å². The first kappa shape index (κ1) is 24.7. The van der Waals surface area contributed by atoms with E-state index in [0.29, 0.717) is 12.0 Å². The molecule has 0 bridgehead atoms. The number of piperazine rings is 1. The Kier molecular flexibility index (Phi) is 11.0. The summed E-state index contributed by atoms with van der Waals surface area (Å²) in [5, 5.41) is 10.8. The normalized spacial score (nSPS) is 20.9. The van der Waals surface area contributed by atoms with Crippen molar-refractivity contribution in [3.05, 3.63) is 17.5 Å². The van der Waals surface area contributed by atoms with Crippen LogP contribution in [0.1, 0.15) is 26.7 Å². The number of piperidine rings is 1. The van der Waals surface area contributed by atoms with E-state index in [1.165, 1.54) is 44.3 Å². The smallest absolute Gasteiger partial charge is 0.191 e. The number of guanidine groups is 1. The summed E-state index contributed by atoms with van der Waals surface area (Å²) >= 11 is 1.84. The van der Waals surface area contributed by atoms with Gasteiger partial charge in [-0.25, -0.2) is 0 Å². The highest BCUT2D eigenvalue weighted by atomic mass is 127. The largest absolute Gasteiger partial charge is 0.363 e. The molecule has 2 aliphatic heterocycles. The highest BCUT2D eigenvalue weighted by Gasteiger charge is 2.21. The number of halogens is 1. The van der Waals surface area contributed by atoms with Crippen LogP contribution in [0.2, 0.25) is 0 Å². The predicted molar refractivity (Wildman–Crippen MR) is 137 cm³/mol. The van der Waals surface area contributed by atoms with Crippen LogP contribution >= 0.6 is 35.3 Å². The van der Waals surface area contributed by atoms with Gasteiger partial charge in [0.05, 0.1) is 5.00 Å². The lowest BCUT2D eigenvalue weighted by Gasteiger charge is -2.35. The first-order chi connectivity index (χ1) is 13.7. The van der Waals surface area contributed by atoms with Crippen molar-refractivity contribution in [2.45, 2.75) is 32.7 Å². The van der Waals surface area contributed by atoms with E-state index in [0.717, 1.165) is 38.4 Å². The van der Waals surface area contributed by atoms with Crippen molar-refractivity contribution in [3.63, 3.8) is 0 Å². The Morgan fingerprint density at radius 1 is 1.17 bits per heavy atom. The van der Waals surface area contributed by atoms with Crippen molar-refractivity contribution < 1.29 is 0 Å². The summed E-state index contributed by atoms with van der Waals surface area (Å²) in [6.07, 6.45) is 2.33.